The summed E-state index contributed by atoms with van der Waals surface area (Å²) in [5.74, 6) is -3.90. The number of benzene rings is 2. The minimum absolute atomic E-state index is 0.0981. The maximum absolute atomic E-state index is 10.3. The van der Waals surface area contributed by atoms with Crippen LogP contribution < -0.4 is 4.90 Å². The smallest absolute Gasteiger partial charge is 0.202 e. The Bertz CT molecular complexity index is 772. The summed E-state index contributed by atoms with van der Waals surface area (Å²) in [6, 6.07) is 4.08. The molecule has 2 aromatic rings. The molecule has 0 fully saturated rings. The van der Waals surface area contributed by atoms with E-state index in [1.165, 1.54) is 6.07 Å². The summed E-state index contributed by atoms with van der Waals surface area (Å²) in [7, 11) is 0. The number of anilines is 2. The van der Waals surface area contributed by atoms with E-state index < -0.39 is 53.2 Å². The Morgan fingerprint density at radius 3 is 1.81 bits per heavy atom. The lowest BCUT2D eigenvalue weighted by Crippen LogP contribution is -2.52. The van der Waals surface area contributed by atoms with Crippen LogP contribution in [0.3, 0.4) is 0 Å². The van der Waals surface area contributed by atoms with Crippen LogP contribution in [0.25, 0.3) is 0 Å². The molecule has 0 saturated heterocycles. The van der Waals surface area contributed by atoms with Crippen LogP contribution in [0.4, 0.5) is 11.4 Å². The maximum atomic E-state index is 10.3. The molecule has 0 heterocycles. The fourth-order valence-electron chi connectivity index (χ4n) is 2.74. The number of aromatic hydroxyl groups is 6. The molecule has 0 bridgehead atoms. The first kappa shape index (κ1) is 19.3. The lowest BCUT2D eigenvalue weighted by Gasteiger charge is -2.43. The zero-order valence-corrected chi connectivity index (χ0v) is 14.0. The lowest BCUT2D eigenvalue weighted by atomic mass is 9.93. The standard InChI is InChI=1S/C17H21NO8/c1-2-17(7-19,8-20)18(10-3-4-11(22)16(26)15(10)25)14-12(23)5-9(21)6-13(14)24/h3-6,19-26H,2,7-8H2,1H3. The van der Waals surface area contributed by atoms with Gasteiger partial charge in [-0.15, -0.1) is 0 Å². The molecule has 0 aromatic heterocycles. The van der Waals surface area contributed by atoms with Gasteiger partial charge in [0.15, 0.2) is 11.5 Å². The van der Waals surface area contributed by atoms with E-state index in [4.69, 9.17) is 0 Å². The van der Waals surface area contributed by atoms with Crippen molar-refractivity contribution >= 4 is 11.4 Å². The Hall–Kier alpha value is -3.04. The van der Waals surface area contributed by atoms with Gasteiger partial charge in [-0.2, -0.15) is 0 Å². The van der Waals surface area contributed by atoms with Crippen molar-refractivity contribution in [3.05, 3.63) is 24.3 Å². The van der Waals surface area contributed by atoms with Crippen molar-refractivity contribution in [2.45, 2.75) is 18.9 Å². The second-order valence-corrected chi connectivity index (χ2v) is 5.86. The van der Waals surface area contributed by atoms with Gasteiger partial charge in [0.25, 0.3) is 0 Å². The highest BCUT2D eigenvalue weighted by molar-refractivity contribution is 5.82. The molecule has 0 unspecified atom stereocenters. The maximum Gasteiger partial charge on any atom is 0.202 e. The molecule has 9 nitrogen and oxygen atoms in total. The third kappa shape index (κ3) is 2.98. The highest BCUT2D eigenvalue weighted by atomic mass is 16.3. The molecule has 0 spiro atoms. The average molecular weight is 367 g/mol. The van der Waals surface area contributed by atoms with Crippen molar-refractivity contribution in [3.63, 3.8) is 0 Å². The van der Waals surface area contributed by atoms with Gasteiger partial charge in [-0.1, -0.05) is 6.92 Å². The van der Waals surface area contributed by atoms with E-state index in [0.29, 0.717) is 0 Å². The van der Waals surface area contributed by atoms with Gasteiger partial charge in [0.1, 0.15) is 22.9 Å². The molecule has 26 heavy (non-hydrogen) atoms. The number of nitrogens with zero attached hydrogens (tertiary/aromatic N) is 1. The summed E-state index contributed by atoms with van der Waals surface area (Å²) in [5.41, 5.74) is -2.04. The normalized spacial score (nSPS) is 11.5. The van der Waals surface area contributed by atoms with E-state index in [2.05, 4.69) is 0 Å². The molecule has 9 heteroatoms. The molecular formula is C17H21NO8. The number of aliphatic hydroxyl groups excluding tert-OH is 2. The van der Waals surface area contributed by atoms with Gasteiger partial charge in [-0.05, 0) is 18.6 Å². The molecule has 0 atom stereocenters. The minimum atomic E-state index is -1.51. The number of hydrogen-bond donors (Lipinski definition) is 8. The predicted molar refractivity (Wildman–Crippen MR) is 92.2 cm³/mol. The van der Waals surface area contributed by atoms with Gasteiger partial charge in [-0.3, -0.25) is 0 Å². The number of aliphatic hydroxyl groups is 2. The molecule has 8 N–H and O–H groups in total. The lowest BCUT2D eigenvalue weighted by molar-refractivity contribution is 0.117. The third-order valence-corrected chi connectivity index (χ3v) is 4.35. The van der Waals surface area contributed by atoms with Crippen LogP contribution in [-0.2, 0) is 0 Å². The van der Waals surface area contributed by atoms with E-state index >= 15 is 0 Å². The Morgan fingerprint density at radius 1 is 0.808 bits per heavy atom. The van der Waals surface area contributed by atoms with Crippen LogP contribution >= 0.6 is 0 Å². The SMILES string of the molecule is CCC(CO)(CO)N(c1ccc(O)c(O)c1O)c1c(O)cc(O)cc1O. The fourth-order valence-corrected chi connectivity index (χ4v) is 2.74. The first-order valence-corrected chi connectivity index (χ1v) is 7.73. The molecule has 0 aliphatic carbocycles. The van der Waals surface area contributed by atoms with Crippen LogP contribution in [0.5, 0.6) is 34.5 Å². The highest BCUT2D eigenvalue weighted by Crippen LogP contribution is 2.52. The molecule has 2 rings (SSSR count). The second kappa shape index (κ2) is 7.06. The van der Waals surface area contributed by atoms with Gasteiger partial charge in [0, 0.05) is 12.1 Å². The Labute approximate surface area is 148 Å². The first-order chi connectivity index (χ1) is 12.2. The van der Waals surface area contributed by atoms with Crippen molar-refractivity contribution in [1.29, 1.82) is 0 Å². The number of phenols is 6. The van der Waals surface area contributed by atoms with Crippen LogP contribution in [0.2, 0.25) is 0 Å². The van der Waals surface area contributed by atoms with Gasteiger partial charge in [-0.25, -0.2) is 0 Å². The molecular weight excluding hydrogens is 346 g/mol. The van der Waals surface area contributed by atoms with Crippen molar-refractivity contribution in [3.8, 4) is 34.5 Å². The van der Waals surface area contributed by atoms with Gasteiger partial charge in [0.2, 0.25) is 5.75 Å². The van der Waals surface area contributed by atoms with Crippen molar-refractivity contribution < 1.29 is 40.9 Å². The van der Waals surface area contributed by atoms with E-state index in [1.807, 2.05) is 0 Å². The average Bonchev–Trinajstić information content (AvgIpc) is 2.60. The van der Waals surface area contributed by atoms with Crippen LogP contribution in [-0.4, -0.2) is 59.6 Å². The van der Waals surface area contributed by atoms with Crippen molar-refractivity contribution in [2.24, 2.45) is 0 Å². The third-order valence-electron chi connectivity index (χ3n) is 4.35. The number of rotatable bonds is 6. The minimum Gasteiger partial charge on any atom is -0.508 e. The highest BCUT2D eigenvalue weighted by Gasteiger charge is 2.40. The summed E-state index contributed by atoms with van der Waals surface area (Å²) in [4.78, 5) is 1.05. The molecule has 0 aliphatic heterocycles. The van der Waals surface area contributed by atoms with Gasteiger partial charge in [0.05, 0.1) is 24.4 Å². The van der Waals surface area contributed by atoms with Crippen LogP contribution in [0.1, 0.15) is 13.3 Å². The van der Waals surface area contributed by atoms with Crippen molar-refractivity contribution in [1.82, 2.24) is 0 Å². The van der Waals surface area contributed by atoms with Gasteiger partial charge < -0.3 is 45.8 Å². The van der Waals surface area contributed by atoms with E-state index in [9.17, 15) is 40.9 Å². The van der Waals surface area contributed by atoms with Crippen LogP contribution in [0, 0.1) is 0 Å². The Morgan fingerprint density at radius 2 is 1.35 bits per heavy atom. The summed E-state index contributed by atoms with van der Waals surface area (Å²) in [6.07, 6.45) is 0.0981. The largest absolute Gasteiger partial charge is 0.508 e. The molecule has 2 aromatic carbocycles. The fraction of sp³-hybridized carbons (Fsp3) is 0.294. The molecule has 0 saturated carbocycles. The molecule has 142 valence electrons. The van der Waals surface area contributed by atoms with E-state index in [-0.39, 0.29) is 17.8 Å². The van der Waals surface area contributed by atoms with Gasteiger partial charge >= 0.3 is 0 Å². The van der Waals surface area contributed by atoms with E-state index in [0.717, 1.165) is 23.1 Å². The summed E-state index contributed by atoms with van der Waals surface area (Å²) >= 11 is 0. The molecule has 0 radical (unpaired) electrons. The Kier molecular flexibility index (Phi) is 5.24. The van der Waals surface area contributed by atoms with E-state index in [1.54, 1.807) is 6.92 Å². The summed E-state index contributed by atoms with van der Waals surface area (Å²) < 4.78 is 0. The quantitative estimate of drug-likeness (QED) is 0.350. The number of phenolic OH excluding ortho intramolecular Hbond substituents is 6. The zero-order chi connectivity index (χ0) is 19.6. The Balaban J connectivity index is 2.88. The summed E-state index contributed by atoms with van der Waals surface area (Å²) in [5, 5.41) is 79.5. The molecule has 0 amide bonds. The monoisotopic (exact) mass is 367 g/mol. The zero-order valence-electron chi connectivity index (χ0n) is 14.0. The second-order valence-electron chi connectivity index (χ2n) is 5.86. The topological polar surface area (TPSA) is 165 Å². The number of hydrogen-bond acceptors (Lipinski definition) is 9. The van der Waals surface area contributed by atoms with Crippen molar-refractivity contribution in [2.75, 3.05) is 18.1 Å². The first-order valence-electron chi connectivity index (χ1n) is 7.73. The summed E-state index contributed by atoms with van der Waals surface area (Å²) in [6.45, 7) is 0.312. The predicted octanol–water partition coefficient (Wildman–Crippen LogP) is 1.19. The molecule has 0 aliphatic rings. The van der Waals surface area contributed by atoms with Crippen LogP contribution in [0.15, 0.2) is 24.3 Å².